The Morgan fingerprint density at radius 1 is 1.24 bits per heavy atom. The van der Waals surface area contributed by atoms with E-state index in [0.717, 1.165) is 25.0 Å². The zero-order chi connectivity index (χ0) is 15.5. The molecule has 0 fully saturated rings. The van der Waals surface area contributed by atoms with Gasteiger partial charge in [0.25, 0.3) is 0 Å². The summed E-state index contributed by atoms with van der Waals surface area (Å²) in [6, 6.07) is 4.54. The highest BCUT2D eigenvalue weighted by molar-refractivity contribution is 5.50. The van der Waals surface area contributed by atoms with Gasteiger partial charge in [0.15, 0.2) is 0 Å². The van der Waals surface area contributed by atoms with Crippen molar-refractivity contribution in [2.24, 2.45) is 0 Å². The summed E-state index contributed by atoms with van der Waals surface area (Å²) in [4.78, 5) is 0. The van der Waals surface area contributed by atoms with Crippen LogP contribution in [-0.2, 0) is 9.47 Å². The normalized spacial score (nSPS) is 12.4. The molecule has 5 heteroatoms. The highest BCUT2D eigenvalue weighted by Crippen LogP contribution is 2.15. The molecular formula is C16H26FNO3. The monoisotopic (exact) mass is 299 g/mol. The molecule has 0 radical (unpaired) electrons. The standard InChI is InChI=1S/C16H26FNO3/c1-3-4-7-20-8-9-21-12-15(19)11-18-16-10-14(17)6-5-13(16)2/h5-6,10,15,18-19H,3-4,7-9,11-12H2,1-2H3. The fraction of sp³-hybridized carbons (Fsp3) is 0.625. The summed E-state index contributed by atoms with van der Waals surface area (Å²) in [6.45, 7) is 6.33. The lowest BCUT2D eigenvalue weighted by molar-refractivity contribution is 0.00749. The number of benzene rings is 1. The summed E-state index contributed by atoms with van der Waals surface area (Å²) in [6.07, 6.45) is 1.54. The molecule has 0 spiro atoms. The van der Waals surface area contributed by atoms with E-state index in [1.165, 1.54) is 12.1 Å². The molecule has 1 aromatic rings. The van der Waals surface area contributed by atoms with E-state index < -0.39 is 6.10 Å². The molecule has 21 heavy (non-hydrogen) atoms. The molecule has 0 bridgehead atoms. The Hall–Kier alpha value is -1.17. The third-order valence-electron chi connectivity index (χ3n) is 3.05. The van der Waals surface area contributed by atoms with Crippen LogP contribution in [0.4, 0.5) is 10.1 Å². The molecular weight excluding hydrogens is 273 g/mol. The molecule has 1 aromatic carbocycles. The summed E-state index contributed by atoms with van der Waals surface area (Å²) in [5.41, 5.74) is 1.63. The van der Waals surface area contributed by atoms with Crippen LogP contribution in [0, 0.1) is 12.7 Å². The van der Waals surface area contributed by atoms with Crippen LogP contribution in [0.2, 0.25) is 0 Å². The van der Waals surface area contributed by atoms with E-state index in [-0.39, 0.29) is 12.4 Å². The topological polar surface area (TPSA) is 50.7 Å². The third-order valence-corrected chi connectivity index (χ3v) is 3.05. The summed E-state index contributed by atoms with van der Waals surface area (Å²) in [5, 5.41) is 12.8. The van der Waals surface area contributed by atoms with E-state index in [2.05, 4.69) is 12.2 Å². The molecule has 4 nitrogen and oxygen atoms in total. The van der Waals surface area contributed by atoms with Gasteiger partial charge in [-0.2, -0.15) is 0 Å². The van der Waals surface area contributed by atoms with Crippen molar-refractivity contribution in [2.45, 2.75) is 32.8 Å². The van der Waals surface area contributed by atoms with Gasteiger partial charge in [-0.3, -0.25) is 0 Å². The van der Waals surface area contributed by atoms with Gasteiger partial charge in [-0.25, -0.2) is 4.39 Å². The van der Waals surface area contributed by atoms with Gasteiger partial charge in [0.05, 0.1) is 25.9 Å². The number of aryl methyl sites for hydroxylation is 1. The van der Waals surface area contributed by atoms with E-state index in [0.29, 0.717) is 25.4 Å². The maximum Gasteiger partial charge on any atom is 0.125 e. The number of hydrogen-bond acceptors (Lipinski definition) is 4. The maximum atomic E-state index is 13.1. The molecule has 0 heterocycles. The summed E-state index contributed by atoms with van der Waals surface area (Å²) < 4.78 is 23.8. The van der Waals surface area contributed by atoms with Crippen molar-refractivity contribution >= 4 is 5.69 Å². The van der Waals surface area contributed by atoms with Crippen molar-refractivity contribution in [1.82, 2.24) is 0 Å². The Balaban J connectivity index is 2.11. The number of hydrogen-bond donors (Lipinski definition) is 2. The zero-order valence-electron chi connectivity index (χ0n) is 12.9. The van der Waals surface area contributed by atoms with Gasteiger partial charge in [-0.1, -0.05) is 19.4 Å². The SMILES string of the molecule is CCCCOCCOCC(O)CNc1cc(F)ccc1C. The third kappa shape index (κ3) is 7.99. The molecule has 0 aromatic heterocycles. The Morgan fingerprint density at radius 3 is 2.76 bits per heavy atom. The van der Waals surface area contributed by atoms with E-state index >= 15 is 0 Å². The quantitative estimate of drug-likeness (QED) is 0.617. The summed E-state index contributed by atoms with van der Waals surface area (Å²) in [5.74, 6) is -0.293. The van der Waals surface area contributed by atoms with Crippen molar-refractivity contribution in [2.75, 3.05) is 38.3 Å². The van der Waals surface area contributed by atoms with E-state index in [9.17, 15) is 9.50 Å². The lowest BCUT2D eigenvalue weighted by atomic mass is 10.2. The number of rotatable bonds is 11. The van der Waals surface area contributed by atoms with Crippen LogP contribution < -0.4 is 5.32 Å². The molecule has 0 aliphatic carbocycles. The second-order valence-electron chi connectivity index (χ2n) is 5.03. The molecule has 1 rings (SSSR count). The summed E-state index contributed by atoms with van der Waals surface area (Å²) in [7, 11) is 0. The second-order valence-corrected chi connectivity index (χ2v) is 5.03. The van der Waals surface area contributed by atoms with Crippen LogP contribution in [0.1, 0.15) is 25.3 Å². The van der Waals surface area contributed by atoms with Gasteiger partial charge in [0.1, 0.15) is 5.82 Å². The van der Waals surface area contributed by atoms with Crippen molar-refractivity contribution in [1.29, 1.82) is 0 Å². The zero-order valence-corrected chi connectivity index (χ0v) is 12.9. The lowest BCUT2D eigenvalue weighted by Crippen LogP contribution is -2.26. The van der Waals surface area contributed by atoms with Gasteiger partial charge in [0, 0.05) is 18.8 Å². The smallest absolute Gasteiger partial charge is 0.125 e. The molecule has 0 amide bonds. The van der Waals surface area contributed by atoms with Crippen LogP contribution in [0.15, 0.2) is 18.2 Å². The van der Waals surface area contributed by atoms with Crippen molar-refractivity contribution < 1.29 is 19.0 Å². The maximum absolute atomic E-state index is 13.1. The fourth-order valence-corrected chi connectivity index (χ4v) is 1.76. The Labute approximate surface area is 126 Å². The molecule has 120 valence electrons. The molecule has 0 saturated heterocycles. The number of aliphatic hydroxyl groups is 1. The number of ether oxygens (including phenoxy) is 2. The average Bonchev–Trinajstić information content (AvgIpc) is 2.47. The highest BCUT2D eigenvalue weighted by atomic mass is 19.1. The first-order valence-corrected chi connectivity index (χ1v) is 7.47. The van der Waals surface area contributed by atoms with Crippen LogP contribution in [0.3, 0.4) is 0 Å². The van der Waals surface area contributed by atoms with Gasteiger partial charge >= 0.3 is 0 Å². The Kier molecular flexibility index (Phi) is 8.98. The van der Waals surface area contributed by atoms with Gasteiger partial charge in [0.2, 0.25) is 0 Å². The van der Waals surface area contributed by atoms with E-state index in [1.54, 1.807) is 6.07 Å². The largest absolute Gasteiger partial charge is 0.389 e. The second kappa shape index (κ2) is 10.5. The Morgan fingerprint density at radius 2 is 2.00 bits per heavy atom. The number of unbranched alkanes of at least 4 members (excludes halogenated alkanes) is 1. The van der Waals surface area contributed by atoms with Gasteiger partial charge < -0.3 is 19.9 Å². The minimum absolute atomic E-state index is 0.235. The first-order chi connectivity index (χ1) is 10.1. The minimum Gasteiger partial charge on any atom is -0.389 e. The molecule has 2 N–H and O–H groups in total. The van der Waals surface area contributed by atoms with E-state index in [1.807, 2.05) is 6.92 Å². The van der Waals surface area contributed by atoms with Crippen LogP contribution in [0.5, 0.6) is 0 Å². The highest BCUT2D eigenvalue weighted by Gasteiger charge is 2.06. The number of halogens is 1. The van der Waals surface area contributed by atoms with Crippen LogP contribution in [-0.4, -0.2) is 44.2 Å². The first-order valence-electron chi connectivity index (χ1n) is 7.47. The van der Waals surface area contributed by atoms with Crippen molar-refractivity contribution in [3.8, 4) is 0 Å². The number of aliphatic hydroxyl groups excluding tert-OH is 1. The number of nitrogens with one attached hydrogen (secondary N) is 1. The predicted octanol–water partition coefficient (Wildman–Crippen LogP) is 2.74. The predicted molar refractivity (Wildman–Crippen MR) is 82.2 cm³/mol. The van der Waals surface area contributed by atoms with E-state index in [4.69, 9.17) is 9.47 Å². The van der Waals surface area contributed by atoms with Crippen LogP contribution in [0.25, 0.3) is 0 Å². The molecule has 0 saturated carbocycles. The van der Waals surface area contributed by atoms with Gasteiger partial charge in [-0.05, 0) is 31.0 Å². The fourth-order valence-electron chi connectivity index (χ4n) is 1.76. The van der Waals surface area contributed by atoms with Crippen molar-refractivity contribution in [3.63, 3.8) is 0 Å². The first kappa shape index (κ1) is 17.9. The van der Waals surface area contributed by atoms with Gasteiger partial charge in [-0.15, -0.1) is 0 Å². The minimum atomic E-state index is -0.636. The van der Waals surface area contributed by atoms with Crippen molar-refractivity contribution in [3.05, 3.63) is 29.6 Å². The number of anilines is 1. The molecule has 0 aliphatic heterocycles. The Bertz CT molecular complexity index is 401. The van der Waals surface area contributed by atoms with Crippen LogP contribution >= 0.6 is 0 Å². The molecule has 1 unspecified atom stereocenters. The molecule has 1 atom stereocenters. The average molecular weight is 299 g/mol. The lowest BCUT2D eigenvalue weighted by Gasteiger charge is -2.14. The molecule has 0 aliphatic rings. The summed E-state index contributed by atoms with van der Waals surface area (Å²) >= 11 is 0.